The summed E-state index contributed by atoms with van der Waals surface area (Å²) in [6.45, 7) is 3.59. The first-order valence-electron chi connectivity index (χ1n) is 10.7. The van der Waals surface area contributed by atoms with Gasteiger partial charge in [0.1, 0.15) is 11.3 Å². The molecule has 0 aliphatic carbocycles. The van der Waals surface area contributed by atoms with Crippen LogP contribution in [0.25, 0.3) is 0 Å². The number of nitrogens with zero attached hydrogens (tertiary/aromatic N) is 6. The van der Waals surface area contributed by atoms with Crippen LogP contribution in [0.2, 0.25) is 5.02 Å². The molecule has 2 aromatic heterocycles. The van der Waals surface area contributed by atoms with Crippen LogP contribution in [-0.2, 0) is 17.8 Å². The van der Waals surface area contributed by atoms with Gasteiger partial charge in [0, 0.05) is 39.1 Å². The lowest BCUT2D eigenvalue weighted by atomic mass is 10.1. The molecule has 3 aromatic rings. The number of halogens is 1. The summed E-state index contributed by atoms with van der Waals surface area (Å²) in [7, 11) is 1.75. The monoisotopic (exact) mass is 470 g/mol. The minimum absolute atomic E-state index is 0.359. The van der Waals surface area contributed by atoms with E-state index in [1.807, 2.05) is 35.4 Å². The summed E-state index contributed by atoms with van der Waals surface area (Å²) in [5.74, 6) is 0.918. The fourth-order valence-electron chi connectivity index (χ4n) is 3.48. The summed E-state index contributed by atoms with van der Waals surface area (Å²) >= 11 is 6.29. The molecule has 1 aromatic carbocycles. The van der Waals surface area contributed by atoms with E-state index in [0.29, 0.717) is 61.9 Å². The highest BCUT2D eigenvalue weighted by atomic mass is 35.5. The molecule has 1 aliphatic rings. The van der Waals surface area contributed by atoms with E-state index in [2.05, 4.69) is 30.7 Å². The number of aliphatic hydroxyl groups is 1. The molecule has 0 saturated carbocycles. The Bertz CT molecular complexity index is 1080. The number of anilines is 3. The number of aliphatic hydroxyl groups excluding tert-OH is 1. The molecular weight excluding hydrogens is 444 g/mol. The minimum atomic E-state index is -0.619. The lowest BCUT2D eigenvalue weighted by molar-refractivity contribution is -0.0664. The van der Waals surface area contributed by atoms with E-state index in [9.17, 15) is 5.11 Å². The van der Waals surface area contributed by atoms with Gasteiger partial charge in [-0.1, -0.05) is 29.8 Å². The van der Waals surface area contributed by atoms with E-state index < -0.39 is 6.23 Å². The number of aromatic nitrogens is 4. The number of rotatable bonds is 9. The predicted molar refractivity (Wildman–Crippen MR) is 128 cm³/mol. The van der Waals surface area contributed by atoms with Crippen molar-refractivity contribution < 1.29 is 9.84 Å². The van der Waals surface area contributed by atoms with Gasteiger partial charge in [-0.3, -0.25) is 14.6 Å². The van der Waals surface area contributed by atoms with Crippen molar-refractivity contribution >= 4 is 35.3 Å². The Balaban J connectivity index is 1.36. The van der Waals surface area contributed by atoms with E-state index >= 15 is 0 Å². The maximum atomic E-state index is 10.4. The van der Waals surface area contributed by atoms with Crippen LogP contribution in [-0.4, -0.2) is 75.5 Å². The summed E-state index contributed by atoms with van der Waals surface area (Å²) in [5, 5.41) is 21.6. The van der Waals surface area contributed by atoms with Gasteiger partial charge >= 0.3 is 0 Å². The van der Waals surface area contributed by atoms with Crippen molar-refractivity contribution in [1.29, 1.82) is 0 Å². The number of nitrogens with one attached hydrogen (secondary N) is 2. The van der Waals surface area contributed by atoms with Crippen LogP contribution < -0.4 is 10.6 Å². The van der Waals surface area contributed by atoms with Gasteiger partial charge in [-0.2, -0.15) is 10.1 Å². The van der Waals surface area contributed by atoms with E-state index in [4.69, 9.17) is 16.3 Å². The third-order valence-corrected chi connectivity index (χ3v) is 5.42. The van der Waals surface area contributed by atoms with Crippen LogP contribution in [0, 0.1) is 0 Å². The van der Waals surface area contributed by atoms with Crippen molar-refractivity contribution in [3.05, 3.63) is 59.0 Å². The van der Waals surface area contributed by atoms with Crippen molar-refractivity contribution in [1.82, 2.24) is 24.6 Å². The fraction of sp³-hybridized carbons (Fsp3) is 0.364. The zero-order valence-corrected chi connectivity index (χ0v) is 19.1. The number of hydrogen-bond acceptors (Lipinski definition) is 9. The highest BCUT2D eigenvalue weighted by Gasteiger charge is 2.19. The van der Waals surface area contributed by atoms with Crippen molar-refractivity contribution in [3.63, 3.8) is 0 Å². The number of ether oxygens (including phenoxy) is 1. The maximum absolute atomic E-state index is 10.4. The first-order valence-corrected chi connectivity index (χ1v) is 11.1. The molecule has 1 aliphatic heterocycles. The lowest BCUT2D eigenvalue weighted by Crippen LogP contribution is -2.45. The Morgan fingerprint density at radius 2 is 2.15 bits per heavy atom. The summed E-state index contributed by atoms with van der Waals surface area (Å²) in [4.78, 5) is 14.8. The topological polar surface area (TPSA) is 113 Å². The minimum Gasteiger partial charge on any atom is -0.379 e. The second-order valence-electron chi connectivity index (χ2n) is 7.58. The van der Waals surface area contributed by atoms with Gasteiger partial charge in [-0.15, -0.1) is 0 Å². The van der Waals surface area contributed by atoms with Crippen molar-refractivity contribution in [2.24, 2.45) is 4.99 Å². The number of hydrogen-bond donors (Lipinski definition) is 3. The van der Waals surface area contributed by atoms with E-state index in [1.165, 1.54) is 0 Å². The Hall–Kier alpha value is -3.05. The van der Waals surface area contributed by atoms with Crippen LogP contribution in [0.4, 0.5) is 17.5 Å². The van der Waals surface area contributed by atoms with Crippen LogP contribution in [0.1, 0.15) is 11.1 Å². The molecule has 1 atom stereocenters. The standard InChI is InChI=1S/C22H27ClN8O2/c1-24-10-16-3-2-4-17(9-16)11-25-21-19(23)13-26-22(29-21)28-18-12-27-31(14-18)15-20(32)30-5-7-33-8-6-30/h2-4,9-10,12-14,20,32H,5-8,11,15H2,1H3,(H2,25,26,28,29)/b24-10+. The number of benzene rings is 1. The van der Waals surface area contributed by atoms with E-state index in [1.54, 1.807) is 30.3 Å². The Labute approximate surface area is 197 Å². The zero-order chi connectivity index (χ0) is 23.0. The molecule has 4 rings (SSSR count). The molecule has 0 amide bonds. The van der Waals surface area contributed by atoms with Gasteiger partial charge in [0.2, 0.25) is 5.95 Å². The lowest BCUT2D eigenvalue weighted by Gasteiger charge is -2.30. The van der Waals surface area contributed by atoms with Gasteiger partial charge in [0.15, 0.2) is 5.82 Å². The Morgan fingerprint density at radius 1 is 1.30 bits per heavy atom. The van der Waals surface area contributed by atoms with Gasteiger partial charge < -0.3 is 20.5 Å². The van der Waals surface area contributed by atoms with Crippen LogP contribution in [0.15, 0.2) is 47.8 Å². The van der Waals surface area contributed by atoms with E-state index in [-0.39, 0.29) is 0 Å². The number of morpholine rings is 1. The second kappa shape index (κ2) is 11.2. The van der Waals surface area contributed by atoms with Crippen LogP contribution in [0.3, 0.4) is 0 Å². The summed E-state index contributed by atoms with van der Waals surface area (Å²) in [6.07, 6.45) is 6.20. The molecule has 174 valence electrons. The smallest absolute Gasteiger partial charge is 0.229 e. The summed E-state index contributed by atoms with van der Waals surface area (Å²) in [6, 6.07) is 8.05. The van der Waals surface area contributed by atoms with Gasteiger partial charge in [-0.25, -0.2) is 4.98 Å². The summed E-state index contributed by atoms with van der Waals surface area (Å²) < 4.78 is 7.01. The molecule has 10 nitrogen and oxygen atoms in total. The quantitative estimate of drug-likeness (QED) is 0.408. The highest BCUT2D eigenvalue weighted by Crippen LogP contribution is 2.22. The van der Waals surface area contributed by atoms with Crippen molar-refractivity contribution in [3.8, 4) is 0 Å². The average Bonchev–Trinajstić information content (AvgIpc) is 3.27. The van der Waals surface area contributed by atoms with Crippen LogP contribution >= 0.6 is 11.6 Å². The molecule has 1 fully saturated rings. The first kappa shape index (κ1) is 23.1. The maximum Gasteiger partial charge on any atom is 0.229 e. The molecular formula is C22H27ClN8O2. The molecule has 1 unspecified atom stereocenters. The second-order valence-corrected chi connectivity index (χ2v) is 7.99. The highest BCUT2D eigenvalue weighted by molar-refractivity contribution is 6.32. The Kier molecular flexibility index (Phi) is 7.84. The number of aliphatic imine (C=N–C) groups is 1. The average molecular weight is 471 g/mol. The molecule has 0 spiro atoms. The molecule has 1 saturated heterocycles. The largest absolute Gasteiger partial charge is 0.379 e. The molecule has 11 heteroatoms. The van der Waals surface area contributed by atoms with Gasteiger partial charge in [0.25, 0.3) is 0 Å². The third-order valence-electron chi connectivity index (χ3n) is 5.14. The van der Waals surface area contributed by atoms with Crippen LogP contribution in [0.5, 0.6) is 0 Å². The van der Waals surface area contributed by atoms with Gasteiger partial charge in [-0.05, 0) is 17.2 Å². The van der Waals surface area contributed by atoms with Crippen molar-refractivity contribution in [2.75, 3.05) is 44.0 Å². The van der Waals surface area contributed by atoms with E-state index in [0.717, 1.165) is 11.1 Å². The first-order chi connectivity index (χ1) is 16.1. The molecule has 0 radical (unpaired) electrons. The molecule has 0 bridgehead atoms. The Morgan fingerprint density at radius 3 is 2.97 bits per heavy atom. The predicted octanol–water partition coefficient (Wildman–Crippen LogP) is 2.38. The zero-order valence-electron chi connectivity index (χ0n) is 18.4. The van der Waals surface area contributed by atoms with Gasteiger partial charge in [0.05, 0.1) is 37.8 Å². The summed E-state index contributed by atoms with van der Waals surface area (Å²) in [5.41, 5.74) is 2.82. The third kappa shape index (κ3) is 6.48. The normalized spacial score (nSPS) is 15.6. The SMILES string of the molecule is C/N=C/c1cccc(CNc2nc(Nc3cnn(CC(O)N4CCOCC4)c3)ncc2Cl)c1. The molecule has 3 N–H and O–H groups in total. The molecule has 33 heavy (non-hydrogen) atoms. The fourth-order valence-corrected chi connectivity index (χ4v) is 3.64. The molecule has 3 heterocycles. The van der Waals surface area contributed by atoms with Crippen molar-refractivity contribution in [2.45, 2.75) is 19.3 Å².